The number of nitrogens with zero attached hydrogens (tertiary/aromatic N) is 1. The van der Waals surface area contributed by atoms with Crippen LogP contribution in [0, 0.1) is 0 Å². The molecule has 0 aliphatic carbocycles. The van der Waals surface area contributed by atoms with Crippen LogP contribution in [-0.4, -0.2) is 12.5 Å². The van der Waals surface area contributed by atoms with Gasteiger partial charge in [-0.1, -0.05) is 17.7 Å². The van der Waals surface area contributed by atoms with Gasteiger partial charge in [0.1, 0.15) is 0 Å². The van der Waals surface area contributed by atoms with E-state index in [4.69, 9.17) is 17.3 Å². The van der Waals surface area contributed by atoms with Gasteiger partial charge in [0.05, 0.1) is 10.3 Å². The maximum Gasteiger partial charge on any atom is 0.235 e. The molecule has 0 fully saturated rings. The highest BCUT2D eigenvalue weighted by Crippen LogP contribution is 2.35. The average Bonchev–Trinajstić information content (AvgIpc) is 2.92. The number of amides is 1. The Hall–Kier alpha value is -1.23. The molecule has 2 heterocycles. The second-order valence-electron chi connectivity index (χ2n) is 5.30. The van der Waals surface area contributed by atoms with Crippen molar-refractivity contribution in [2.24, 2.45) is 0 Å². The fraction of sp³-hybridized carbons (Fsp3) is 0.312. The lowest BCUT2D eigenvalue weighted by Crippen LogP contribution is -2.38. The molecular formula is C16H18Cl2N2OS. The zero-order valence-electron chi connectivity index (χ0n) is 12.2. The van der Waals surface area contributed by atoms with Gasteiger partial charge in [0, 0.05) is 22.8 Å². The van der Waals surface area contributed by atoms with Crippen LogP contribution in [0.25, 0.3) is 0 Å². The van der Waals surface area contributed by atoms with Crippen molar-refractivity contribution in [1.29, 1.82) is 0 Å². The van der Waals surface area contributed by atoms with E-state index in [1.807, 2.05) is 42.2 Å². The van der Waals surface area contributed by atoms with Crippen molar-refractivity contribution < 1.29 is 4.79 Å². The van der Waals surface area contributed by atoms with E-state index >= 15 is 0 Å². The van der Waals surface area contributed by atoms with Gasteiger partial charge in [-0.25, -0.2) is 0 Å². The van der Waals surface area contributed by atoms with Crippen molar-refractivity contribution in [3.05, 3.63) is 45.1 Å². The SMILES string of the molecule is CC(C(=O)N1CCCc2c(N)cccc21)c1ccc(Cl)s1.Cl. The van der Waals surface area contributed by atoms with E-state index in [-0.39, 0.29) is 24.2 Å². The standard InChI is InChI=1S/C16H17ClN2OS.ClH/c1-10(14-7-8-15(17)21-14)16(20)19-9-3-4-11-12(18)5-2-6-13(11)19;/h2,5-8,10H,3-4,9,18H2,1H3;1H. The summed E-state index contributed by atoms with van der Waals surface area (Å²) in [6.45, 7) is 2.68. The van der Waals surface area contributed by atoms with E-state index < -0.39 is 0 Å². The highest BCUT2D eigenvalue weighted by molar-refractivity contribution is 7.16. The number of rotatable bonds is 2. The molecule has 0 radical (unpaired) electrons. The first-order valence-corrected chi connectivity index (χ1v) is 8.21. The molecule has 0 saturated carbocycles. The number of halogens is 2. The fourth-order valence-electron chi connectivity index (χ4n) is 2.80. The lowest BCUT2D eigenvalue weighted by Gasteiger charge is -2.32. The third-order valence-corrected chi connectivity index (χ3v) is 5.36. The van der Waals surface area contributed by atoms with E-state index in [1.54, 1.807) is 0 Å². The number of hydrogen-bond donors (Lipinski definition) is 1. The van der Waals surface area contributed by atoms with Gasteiger partial charge in [0.25, 0.3) is 0 Å². The molecule has 1 unspecified atom stereocenters. The van der Waals surface area contributed by atoms with Crippen LogP contribution in [0.3, 0.4) is 0 Å². The average molecular weight is 357 g/mol. The third kappa shape index (κ3) is 3.09. The molecule has 2 aromatic rings. The second kappa shape index (κ2) is 6.90. The number of nitrogen functional groups attached to an aromatic ring is 1. The topological polar surface area (TPSA) is 46.3 Å². The molecular weight excluding hydrogens is 339 g/mol. The molecule has 1 atom stereocenters. The van der Waals surface area contributed by atoms with Crippen molar-refractivity contribution in [3.8, 4) is 0 Å². The Morgan fingerprint density at radius 2 is 2.14 bits per heavy atom. The zero-order valence-corrected chi connectivity index (χ0v) is 14.6. The molecule has 1 aromatic carbocycles. The molecule has 6 heteroatoms. The smallest absolute Gasteiger partial charge is 0.235 e. The minimum atomic E-state index is -0.185. The lowest BCUT2D eigenvalue weighted by atomic mass is 9.98. The molecule has 1 aliphatic rings. The molecule has 0 saturated heterocycles. The van der Waals surface area contributed by atoms with Gasteiger partial charge < -0.3 is 10.6 Å². The number of nitrogens with two attached hydrogens (primary N) is 1. The molecule has 3 rings (SSSR count). The molecule has 1 aromatic heterocycles. The summed E-state index contributed by atoms with van der Waals surface area (Å²) in [5.74, 6) is -0.0741. The predicted molar refractivity (Wildman–Crippen MR) is 96.5 cm³/mol. The van der Waals surface area contributed by atoms with Gasteiger partial charge in [-0.05, 0) is 49.6 Å². The summed E-state index contributed by atoms with van der Waals surface area (Å²) in [5.41, 5.74) is 8.87. The molecule has 2 N–H and O–H groups in total. The summed E-state index contributed by atoms with van der Waals surface area (Å²) >= 11 is 7.44. The summed E-state index contributed by atoms with van der Waals surface area (Å²) in [6.07, 6.45) is 1.88. The van der Waals surface area contributed by atoms with Gasteiger partial charge in [0.15, 0.2) is 0 Å². The summed E-state index contributed by atoms with van der Waals surface area (Å²) < 4.78 is 0.716. The number of benzene rings is 1. The van der Waals surface area contributed by atoms with Crippen LogP contribution in [0.5, 0.6) is 0 Å². The Bertz CT molecular complexity index is 687. The summed E-state index contributed by atoms with van der Waals surface area (Å²) in [6, 6.07) is 9.56. The van der Waals surface area contributed by atoms with Gasteiger partial charge in [-0.3, -0.25) is 4.79 Å². The number of thiophene rings is 1. The number of carbonyl (C=O) groups excluding carboxylic acids is 1. The summed E-state index contributed by atoms with van der Waals surface area (Å²) in [5, 5.41) is 0. The maximum atomic E-state index is 12.8. The van der Waals surface area contributed by atoms with Gasteiger partial charge in [0.2, 0.25) is 5.91 Å². The first-order valence-electron chi connectivity index (χ1n) is 7.02. The lowest BCUT2D eigenvalue weighted by molar-refractivity contribution is -0.119. The van der Waals surface area contributed by atoms with Crippen LogP contribution >= 0.6 is 35.3 Å². The number of hydrogen-bond acceptors (Lipinski definition) is 3. The van der Waals surface area contributed by atoms with Gasteiger partial charge in [-0.2, -0.15) is 0 Å². The Morgan fingerprint density at radius 1 is 1.36 bits per heavy atom. The molecule has 1 amide bonds. The molecule has 3 nitrogen and oxygen atoms in total. The number of carbonyl (C=O) groups is 1. The van der Waals surface area contributed by atoms with Crippen molar-refractivity contribution in [2.45, 2.75) is 25.7 Å². The first-order chi connectivity index (χ1) is 10.1. The van der Waals surface area contributed by atoms with Crippen molar-refractivity contribution in [1.82, 2.24) is 0 Å². The fourth-order valence-corrected chi connectivity index (χ4v) is 3.90. The summed E-state index contributed by atoms with van der Waals surface area (Å²) in [7, 11) is 0. The molecule has 22 heavy (non-hydrogen) atoms. The Balaban J connectivity index is 0.00000176. The van der Waals surface area contributed by atoms with E-state index in [0.29, 0.717) is 4.34 Å². The molecule has 1 aliphatic heterocycles. The second-order valence-corrected chi connectivity index (χ2v) is 7.05. The molecule has 118 valence electrons. The van der Waals surface area contributed by atoms with Crippen LogP contribution < -0.4 is 10.6 Å². The third-order valence-electron chi connectivity index (χ3n) is 3.94. The van der Waals surface area contributed by atoms with Crippen molar-refractivity contribution in [3.63, 3.8) is 0 Å². The largest absolute Gasteiger partial charge is 0.398 e. The van der Waals surface area contributed by atoms with Crippen LogP contribution in [0.15, 0.2) is 30.3 Å². The van der Waals surface area contributed by atoms with E-state index in [1.165, 1.54) is 11.3 Å². The van der Waals surface area contributed by atoms with E-state index in [9.17, 15) is 4.79 Å². The van der Waals surface area contributed by atoms with Gasteiger partial charge in [-0.15, -0.1) is 23.7 Å². The van der Waals surface area contributed by atoms with Gasteiger partial charge >= 0.3 is 0 Å². The maximum absolute atomic E-state index is 12.8. The van der Waals surface area contributed by atoms with Crippen LogP contribution in [0.4, 0.5) is 11.4 Å². The Morgan fingerprint density at radius 3 is 2.82 bits per heavy atom. The summed E-state index contributed by atoms with van der Waals surface area (Å²) in [4.78, 5) is 15.7. The minimum absolute atomic E-state index is 0. The minimum Gasteiger partial charge on any atom is -0.398 e. The number of fused-ring (bicyclic) bond motifs is 1. The van der Waals surface area contributed by atoms with Crippen molar-refractivity contribution in [2.75, 3.05) is 17.2 Å². The normalized spacial score (nSPS) is 14.9. The molecule has 0 spiro atoms. The highest BCUT2D eigenvalue weighted by atomic mass is 35.5. The molecule has 0 bridgehead atoms. The van der Waals surface area contributed by atoms with Crippen LogP contribution in [-0.2, 0) is 11.2 Å². The monoisotopic (exact) mass is 356 g/mol. The quantitative estimate of drug-likeness (QED) is 0.805. The predicted octanol–water partition coefficient (Wildman–Crippen LogP) is 4.49. The Labute approximate surface area is 145 Å². The highest BCUT2D eigenvalue weighted by Gasteiger charge is 2.28. The first kappa shape index (κ1) is 17.1. The zero-order chi connectivity index (χ0) is 15.0. The van der Waals surface area contributed by atoms with E-state index in [0.717, 1.165) is 41.2 Å². The Kier molecular flexibility index (Phi) is 5.37. The van der Waals surface area contributed by atoms with Crippen LogP contribution in [0.2, 0.25) is 4.34 Å². The number of anilines is 2. The van der Waals surface area contributed by atoms with E-state index in [2.05, 4.69) is 0 Å². The van der Waals surface area contributed by atoms with Crippen LogP contribution in [0.1, 0.15) is 29.7 Å². The van der Waals surface area contributed by atoms with Crippen molar-refractivity contribution >= 4 is 52.6 Å².